The third kappa shape index (κ3) is 4.72. The molecule has 0 unspecified atom stereocenters. The number of anilines is 1. The summed E-state index contributed by atoms with van der Waals surface area (Å²) < 4.78 is 12.9. The predicted octanol–water partition coefficient (Wildman–Crippen LogP) is 3.98. The van der Waals surface area contributed by atoms with Crippen molar-refractivity contribution in [1.29, 1.82) is 0 Å². The van der Waals surface area contributed by atoms with Crippen LogP contribution in [-0.4, -0.2) is 27.3 Å². The molecule has 172 valence electrons. The Morgan fingerprint density at radius 1 is 1.03 bits per heavy atom. The highest BCUT2D eigenvalue weighted by molar-refractivity contribution is 5.90. The second-order valence-electron chi connectivity index (χ2n) is 7.93. The van der Waals surface area contributed by atoms with E-state index in [1.54, 1.807) is 11.6 Å². The maximum absolute atomic E-state index is 11.4. The molecule has 1 aliphatic heterocycles. The molecule has 1 amide bonds. The molecule has 5 rings (SSSR count). The number of ether oxygens (including phenoxy) is 2. The summed E-state index contributed by atoms with van der Waals surface area (Å²) in [5.74, 6) is 1.81. The van der Waals surface area contributed by atoms with Gasteiger partial charge in [-0.15, -0.1) is 0 Å². The first-order valence-corrected chi connectivity index (χ1v) is 11.0. The molecular weight excluding hydrogens is 432 g/mol. The van der Waals surface area contributed by atoms with Crippen molar-refractivity contribution in [2.45, 2.75) is 19.4 Å². The molecule has 0 fully saturated rings. The minimum absolute atomic E-state index is 0.244. The third-order valence-corrected chi connectivity index (χ3v) is 5.64. The lowest BCUT2D eigenvalue weighted by Gasteiger charge is -2.10. The lowest BCUT2D eigenvalue weighted by molar-refractivity contribution is -0.124. The smallest absolute Gasteiger partial charge is 0.267 e. The second-order valence-corrected chi connectivity index (χ2v) is 7.93. The zero-order valence-electron chi connectivity index (χ0n) is 18.4. The number of carbonyl (C=O) groups is 1. The van der Waals surface area contributed by atoms with Crippen molar-refractivity contribution >= 4 is 23.4 Å². The van der Waals surface area contributed by atoms with Crippen molar-refractivity contribution in [3.05, 3.63) is 95.3 Å². The monoisotopic (exact) mass is 456 g/mol. The van der Waals surface area contributed by atoms with E-state index in [9.17, 15) is 4.79 Å². The molecule has 0 spiro atoms. The Labute approximate surface area is 196 Å². The van der Waals surface area contributed by atoms with E-state index >= 15 is 0 Å². The number of nitrogens with zero attached hydrogens (tertiary/aromatic N) is 2. The number of imidazole rings is 1. The molecule has 3 N–H and O–H groups in total. The predicted molar refractivity (Wildman–Crippen MR) is 128 cm³/mol. The number of hydroxylamine groups is 1. The SMILES string of the molecule is O=C(C=Cc1ccc2nc(CCc3ccccc3)c(NCc3ccc4c(c3)OCO4)n2c1)NO. The Morgan fingerprint density at radius 2 is 1.88 bits per heavy atom. The minimum Gasteiger partial charge on any atom is -0.454 e. The van der Waals surface area contributed by atoms with Gasteiger partial charge in [0, 0.05) is 18.8 Å². The quantitative estimate of drug-likeness (QED) is 0.211. The second kappa shape index (κ2) is 9.68. The summed E-state index contributed by atoms with van der Waals surface area (Å²) in [6, 6.07) is 20.0. The van der Waals surface area contributed by atoms with Crippen LogP contribution in [0.2, 0.25) is 0 Å². The molecule has 0 bridgehead atoms. The maximum Gasteiger partial charge on any atom is 0.267 e. The van der Waals surface area contributed by atoms with Crippen LogP contribution in [0.5, 0.6) is 11.5 Å². The van der Waals surface area contributed by atoms with Gasteiger partial charge in [0.15, 0.2) is 11.5 Å². The highest BCUT2D eigenvalue weighted by Gasteiger charge is 2.15. The average molecular weight is 457 g/mol. The van der Waals surface area contributed by atoms with Gasteiger partial charge in [0.25, 0.3) is 5.91 Å². The van der Waals surface area contributed by atoms with Crippen molar-refractivity contribution in [1.82, 2.24) is 14.9 Å². The van der Waals surface area contributed by atoms with Crippen LogP contribution < -0.4 is 20.3 Å². The normalized spacial score (nSPS) is 12.4. The molecule has 34 heavy (non-hydrogen) atoms. The molecule has 0 aliphatic carbocycles. The van der Waals surface area contributed by atoms with Gasteiger partial charge in [-0.25, -0.2) is 10.5 Å². The largest absolute Gasteiger partial charge is 0.454 e. The van der Waals surface area contributed by atoms with E-state index in [0.717, 1.165) is 52.6 Å². The third-order valence-electron chi connectivity index (χ3n) is 5.64. The van der Waals surface area contributed by atoms with Gasteiger partial charge in [-0.3, -0.25) is 14.4 Å². The van der Waals surface area contributed by atoms with Crippen molar-refractivity contribution in [2.24, 2.45) is 0 Å². The molecular formula is C26H24N4O4. The van der Waals surface area contributed by atoms with Crippen molar-refractivity contribution < 1.29 is 19.5 Å². The number of fused-ring (bicyclic) bond motifs is 2. The Bertz CT molecular complexity index is 1350. The number of hydrogen-bond acceptors (Lipinski definition) is 6. The number of carbonyl (C=O) groups excluding carboxylic acids is 1. The van der Waals surface area contributed by atoms with Crippen LogP contribution in [-0.2, 0) is 24.2 Å². The van der Waals surface area contributed by atoms with Gasteiger partial charge in [0.1, 0.15) is 11.5 Å². The van der Waals surface area contributed by atoms with Crippen molar-refractivity contribution in [3.8, 4) is 11.5 Å². The van der Waals surface area contributed by atoms with Crippen molar-refractivity contribution in [2.75, 3.05) is 12.1 Å². The fourth-order valence-corrected chi connectivity index (χ4v) is 3.92. The van der Waals surface area contributed by atoms with Gasteiger partial charge in [0.2, 0.25) is 6.79 Å². The van der Waals surface area contributed by atoms with Crippen LogP contribution in [0.25, 0.3) is 11.7 Å². The lowest BCUT2D eigenvalue weighted by atomic mass is 10.1. The number of pyridine rings is 1. The Kier molecular flexibility index (Phi) is 6.13. The van der Waals surface area contributed by atoms with Crippen molar-refractivity contribution in [3.63, 3.8) is 0 Å². The molecule has 0 saturated heterocycles. The van der Waals surface area contributed by atoms with E-state index in [2.05, 4.69) is 17.4 Å². The molecule has 4 aromatic rings. The Balaban J connectivity index is 1.44. The van der Waals surface area contributed by atoms with Gasteiger partial charge in [0.05, 0.1) is 5.69 Å². The lowest BCUT2D eigenvalue weighted by Crippen LogP contribution is -2.14. The number of benzene rings is 2. The number of aryl methyl sites for hydroxylation is 2. The van der Waals surface area contributed by atoms with Crippen LogP contribution in [0.4, 0.5) is 5.82 Å². The molecule has 2 aromatic carbocycles. The molecule has 0 radical (unpaired) electrons. The molecule has 8 heteroatoms. The summed E-state index contributed by atoms with van der Waals surface area (Å²) in [6.45, 7) is 0.823. The summed E-state index contributed by atoms with van der Waals surface area (Å²) in [7, 11) is 0. The van der Waals surface area contributed by atoms with Crippen LogP contribution in [0.3, 0.4) is 0 Å². The Hall–Kier alpha value is -4.30. The zero-order valence-corrected chi connectivity index (χ0v) is 18.4. The molecule has 0 atom stereocenters. The molecule has 2 aromatic heterocycles. The minimum atomic E-state index is -0.588. The number of rotatable bonds is 8. The van der Waals surface area contributed by atoms with E-state index in [4.69, 9.17) is 19.7 Å². The van der Waals surface area contributed by atoms with Gasteiger partial charge in [-0.1, -0.05) is 36.4 Å². The van der Waals surface area contributed by atoms with Gasteiger partial charge in [-0.05, 0) is 59.9 Å². The fraction of sp³-hybridized carbons (Fsp3) is 0.154. The maximum atomic E-state index is 11.4. The summed E-state index contributed by atoms with van der Waals surface area (Å²) in [4.78, 5) is 16.2. The van der Waals surface area contributed by atoms with E-state index in [0.29, 0.717) is 6.54 Å². The van der Waals surface area contributed by atoms with Crippen LogP contribution in [0, 0.1) is 0 Å². The van der Waals surface area contributed by atoms with E-state index in [1.807, 2.05) is 59.1 Å². The van der Waals surface area contributed by atoms with Gasteiger partial charge >= 0.3 is 0 Å². The van der Waals surface area contributed by atoms with E-state index in [1.165, 1.54) is 11.6 Å². The highest BCUT2D eigenvalue weighted by atomic mass is 16.7. The summed E-state index contributed by atoms with van der Waals surface area (Å²) in [5, 5.41) is 12.3. The topological polar surface area (TPSA) is 97.1 Å². The van der Waals surface area contributed by atoms with Crippen LogP contribution >= 0.6 is 0 Å². The summed E-state index contributed by atoms with van der Waals surface area (Å²) in [6.07, 6.45) is 6.46. The van der Waals surface area contributed by atoms with Gasteiger partial charge in [-0.2, -0.15) is 0 Å². The molecule has 1 aliphatic rings. The first-order valence-electron chi connectivity index (χ1n) is 11.0. The first-order chi connectivity index (χ1) is 16.7. The first kappa shape index (κ1) is 21.5. The number of aromatic nitrogens is 2. The summed E-state index contributed by atoms with van der Waals surface area (Å²) in [5.41, 5.74) is 6.47. The Morgan fingerprint density at radius 3 is 2.74 bits per heavy atom. The number of nitrogens with one attached hydrogen (secondary N) is 2. The average Bonchev–Trinajstić information content (AvgIpc) is 3.48. The summed E-state index contributed by atoms with van der Waals surface area (Å²) >= 11 is 0. The van der Waals surface area contributed by atoms with Gasteiger partial charge < -0.3 is 14.8 Å². The van der Waals surface area contributed by atoms with E-state index < -0.39 is 5.91 Å². The standard InChI is InChI=1S/C26H24N4O4/c31-25(29-32)13-9-19-8-12-24-28-21(10-6-18-4-2-1-3-5-18)26(30(24)16-19)27-15-20-7-11-22-23(14-20)34-17-33-22/h1-5,7-9,11-14,16,27,32H,6,10,15,17H2,(H,29,31). The number of hydrogen-bond donors (Lipinski definition) is 3. The van der Waals surface area contributed by atoms with Crippen LogP contribution in [0.1, 0.15) is 22.4 Å². The zero-order chi connectivity index (χ0) is 23.3. The highest BCUT2D eigenvalue weighted by Crippen LogP contribution is 2.33. The molecule has 8 nitrogen and oxygen atoms in total. The number of amides is 1. The molecule has 3 heterocycles. The molecule has 0 saturated carbocycles. The fourth-order valence-electron chi connectivity index (χ4n) is 3.92. The van der Waals surface area contributed by atoms with E-state index in [-0.39, 0.29) is 6.79 Å². The van der Waals surface area contributed by atoms with Crippen LogP contribution in [0.15, 0.2) is 72.9 Å².